The summed E-state index contributed by atoms with van der Waals surface area (Å²) >= 11 is 5.92. The van der Waals surface area contributed by atoms with Crippen LogP contribution in [0.1, 0.15) is 0 Å². The zero-order chi connectivity index (χ0) is 9.97. The van der Waals surface area contributed by atoms with Gasteiger partial charge >= 0.3 is 0 Å². The lowest BCUT2D eigenvalue weighted by atomic mass is 10.3. The average Bonchev–Trinajstić information content (AvgIpc) is 2.56. The Morgan fingerprint density at radius 2 is 2.13 bits per heavy atom. The number of rotatable bonds is 1. The average molecular weight is 293 g/mol. The number of benzene rings is 1. The Morgan fingerprint density at radius 1 is 1.40 bits per heavy atom. The van der Waals surface area contributed by atoms with Gasteiger partial charge in [-0.2, -0.15) is 0 Å². The van der Waals surface area contributed by atoms with Gasteiger partial charge in [0, 0.05) is 6.54 Å². The van der Waals surface area contributed by atoms with Crippen molar-refractivity contribution in [3.05, 3.63) is 29.3 Å². The van der Waals surface area contributed by atoms with Crippen LogP contribution in [0.3, 0.4) is 0 Å². The van der Waals surface area contributed by atoms with Gasteiger partial charge in [-0.15, -0.1) is 17.0 Å². The van der Waals surface area contributed by atoms with E-state index in [1.165, 1.54) is 0 Å². The van der Waals surface area contributed by atoms with Crippen LogP contribution in [0.5, 0.6) is 0 Å². The van der Waals surface area contributed by atoms with E-state index in [9.17, 15) is 5.21 Å². The monoisotopic (exact) mass is 291 g/mol. The van der Waals surface area contributed by atoms with Crippen molar-refractivity contribution in [2.75, 3.05) is 13.1 Å². The van der Waals surface area contributed by atoms with E-state index in [0.29, 0.717) is 29.8 Å². The smallest absolute Gasteiger partial charge is 0.223 e. The van der Waals surface area contributed by atoms with E-state index in [1.807, 2.05) is 12.1 Å². The van der Waals surface area contributed by atoms with Gasteiger partial charge in [-0.1, -0.05) is 23.7 Å². The molecule has 6 heteroatoms. The molecule has 0 aliphatic carbocycles. The topological polar surface area (TPSA) is 47.9 Å². The van der Waals surface area contributed by atoms with E-state index < -0.39 is 0 Å². The highest BCUT2D eigenvalue weighted by atomic mass is 79.9. The minimum atomic E-state index is 0. The first kappa shape index (κ1) is 12.3. The molecule has 15 heavy (non-hydrogen) atoms. The van der Waals surface area contributed by atoms with Crippen LogP contribution in [0.2, 0.25) is 5.02 Å². The summed E-state index contributed by atoms with van der Waals surface area (Å²) in [7, 11) is 0. The van der Waals surface area contributed by atoms with Crippen LogP contribution in [-0.4, -0.2) is 29.3 Å². The van der Waals surface area contributed by atoms with Gasteiger partial charge in [-0.05, 0) is 12.1 Å². The van der Waals surface area contributed by atoms with Crippen molar-refractivity contribution in [2.24, 2.45) is 4.99 Å². The maximum Gasteiger partial charge on any atom is 0.223 e. The Hall–Kier alpha value is -0.780. The van der Waals surface area contributed by atoms with Crippen molar-refractivity contribution in [2.45, 2.75) is 0 Å². The first-order chi connectivity index (χ1) is 6.77. The van der Waals surface area contributed by atoms with E-state index in [4.69, 9.17) is 11.6 Å². The van der Waals surface area contributed by atoms with Gasteiger partial charge in [0.1, 0.15) is 0 Å². The van der Waals surface area contributed by atoms with Crippen LogP contribution in [0.25, 0.3) is 0 Å². The number of halogens is 2. The summed E-state index contributed by atoms with van der Waals surface area (Å²) in [6, 6.07) is 7.24. The Bertz CT molecular complexity index is 372. The SMILES string of the molecule is Br.ON1CCN/C1=N\c1ccccc1Cl. The van der Waals surface area contributed by atoms with Crippen LogP contribution in [0.15, 0.2) is 29.3 Å². The molecule has 1 aromatic rings. The van der Waals surface area contributed by atoms with Crippen molar-refractivity contribution in [3.63, 3.8) is 0 Å². The molecule has 2 rings (SSSR count). The zero-order valence-electron chi connectivity index (χ0n) is 7.85. The van der Waals surface area contributed by atoms with Crippen molar-refractivity contribution in [1.82, 2.24) is 10.4 Å². The maximum atomic E-state index is 9.34. The normalized spacial score (nSPS) is 17.5. The molecule has 1 aromatic carbocycles. The first-order valence-electron chi connectivity index (χ1n) is 4.31. The number of nitrogens with zero attached hydrogens (tertiary/aromatic N) is 2. The molecule has 1 heterocycles. The minimum absolute atomic E-state index is 0. The molecule has 1 saturated heterocycles. The van der Waals surface area contributed by atoms with E-state index in [-0.39, 0.29) is 17.0 Å². The van der Waals surface area contributed by atoms with Gasteiger partial charge in [0.15, 0.2) is 0 Å². The third kappa shape index (κ3) is 2.84. The first-order valence-corrected chi connectivity index (χ1v) is 4.68. The molecular weight excluding hydrogens is 281 g/mol. The maximum absolute atomic E-state index is 9.34. The van der Waals surface area contributed by atoms with E-state index in [2.05, 4.69) is 10.3 Å². The predicted octanol–water partition coefficient (Wildman–Crippen LogP) is 2.20. The fraction of sp³-hybridized carbons (Fsp3) is 0.222. The number of hydroxylamine groups is 2. The van der Waals surface area contributed by atoms with E-state index >= 15 is 0 Å². The number of nitrogens with one attached hydrogen (secondary N) is 1. The Labute approximate surface area is 103 Å². The summed E-state index contributed by atoms with van der Waals surface area (Å²) in [6.07, 6.45) is 0. The van der Waals surface area contributed by atoms with Gasteiger partial charge < -0.3 is 5.32 Å². The number of aliphatic imine (C=N–C) groups is 1. The van der Waals surface area contributed by atoms with E-state index in [0.717, 1.165) is 5.06 Å². The lowest BCUT2D eigenvalue weighted by Crippen LogP contribution is -2.26. The summed E-state index contributed by atoms with van der Waals surface area (Å²) in [5.41, 5.74) is 0.651. The third-order valence-electron chi connectivity index (χ3n) is 1.93. The Morgan fingerprint density at radius 3 is 2.73 bits per heavy atom. The molecule has 0 radical (unpaired) electrons. The molecule has 1 aliphatic rings. The van der Waals surface area contributed by atoms with Gasteiger partial charge in [0.05, 0.1) is 17.3 Å². The van der Waals surface area contributed by atoms with Crippen molar-refractivity contribution in [3.8, 4) is 0 Å². The summed E-state index contributed by atoms with van der Waals surface area (Å²) in [5, 5.41) is 13.9. The molecular formula is C9H11BrClN3O. The Kier molecular flexibility index (Phi) is 4.38. The molecule has 0 atom stereocenters. The molecule has 0 spiro atoms. The minimum Gasteiger partial charge on any atom is -0.352 e. The van der Waals surface area contributed by atoms with Crippen molar-refractivity contribution < 1.29 is 5.21 Å². The molecule has 4 nitrogen and oxygen atoms in total. The lowest BCUT2D eigenvalue weighted by Gasteiger charge is -2.07. The predicted molar refractivity (Wildman–Crippen MR) is 65.4 cm³/mol. The second-order valence-electron chi connectivity index (χ2n) is 2.94. The fourth-order valence-electron chi connectivity index (χ4n) is 1.22. The molecule has 82 valence electrons. The number of hydrogen-bond acceptors (Lipinski definition) is 2. The third-order valence-corrected chi connectivity index (χ3v) is 2.25. The second kappa shape index (κ2) is 5.34. The van der Waals surface area contributed by atoms with Crippen LogP contribution in [-0.2, 0) is 0 Å². The van der Waals surface area contributed by atoms with Gasteiger partial charge in [0.2, 0.25) is 5.96 Å². The largest absolute Gasteiger partial charge is 0.352 e. The molecule has 0 saturated carbocycles. The zero-order valence-corrected chi connectivity index (χ0v) is 10.3. The summed E-state index contributed by atoms with van der Waals surface area (Å²) < 4.78 is 0. The van der Waals surface area contributed by atoms with Crippen LogP contribution in [0, 0.1) is 0 Å². The lowest BCUT2D eigenvalue weighted by molar-refractivity contribution is -0.00126. The quantitative estimate of drug-likeness (QED) is 0.834. The highest BCUT2D eigenvalue weighted by Crippen LogP contribution is 2.24. The molecule has 0 amide bonds. The number of para-hydroxylation sites is 1. The molecule has 0 unspecified atom stereocenters. The highest BCUT2D eigenvalue weighted by molar-refractivity contribution is 8.93. The standard InChI is InChI=1S/C9H10ClN3O.BrH/c10-7-3-1-2-4-8(7)12-9-11-5-6-13(9)14;/h1-4,14H,5-6H2,(H,11,12);1H. The van der Waals surface area contributed by atoms with Gasteiger partial charge in [-0.3, -0.25) is 5.21 Å². The van der Waals surface area contributed by atoms with Crippen molar-refractivity contribution >= 4 is 40.2 Å². The van der Waals surface area contributed by atoms with Crippen molar-refractivity contribution in [1.29, 1.82) is 0 Å². The molecule has 0 aromatic heterocycles. The molecule has 1 aliphatic heterocycles. The van der Waals surface area contributed by atoms with E-state index in [1.54, 1.807) is 12.1 Å². The molecule has 0 bridgehead atoms. The highest BCUT2D eigenvalue weighted by Gasteiger charge is 2.15. The fourth-order valence-corrected chi connectivity index (χ4v) is 1.40. The van der Waals surface area contributed by atoms with Crippen LogP contribution >= 0.6 is 28.6 Å². The van der Waals surface area contributed by atoms with Crippen LogP contribution < -0.4 is 5.32 Å². The van der Waals surface area contributed by atoms with Crippen LogP contribution in [0.4, 0.5) is 5.69 Å². The molecule has 2 N–H and O–H groups in total. The Balaban J connectivity index is 0.00000112. The number of guanidine groups is 1. The second-order valence-corrected chi connectivity index (χ2v) is 3.34. The summed E-state index contributed by atoms with van der Waals surface area (Å²) in [4.78, 5) is 4.19. The van der Waals surface area contributed by atoms with Gasteiger partial charge in [0.25, 0.3) is 0 Å². The summed E-state index contributed by atoms with van der Waals surface area (Å²) in [5.74, 6) is 0.443. The summed E-state index contributed by atoms with van der Waals surface area (Å²) in [6.45, 7) is 1.24. The number of hydrogen-bond donors (Lipinski definition) is 2. The van der Waals surface area contributed by atoms with Gasteiger partial charge in [-0.25, -0.2) is 10.1 Å². The molecule has 1 fully saturated rings.